The summed E-state index contributed by atoms with van der Waals surface area (Å²) < 4.78 is 11.3. The number of ether oxygens (including phenoxy) is 1. The van der Waals surface area contributed by atoms with Crippen LogP contribution < -0.4 is 10.5 Å². The lowest BCUT2D eigenvalue weighted by atomic mass is 10.1. The van der Waals surface area contributed by atoms with Crippen molar-refractivity contribution in [1.29, 1.82) is 0 Å². The second-order valence-corrected chi connectivity index (χ2v) is 4.34. The summed E-state index contributed by atoms with van der Waals surface area (Å²) in [5.41, 5.74) is 5.51. The molecule has 0 amide bonds. The fraction of sp³-hybridized carbons (Fsp3) is 0.125. The van der Waals surface area contributed by atoms with Gasteiger partial charge in [-0.3, -0.25) is 0 Å². The summed E-state index contributed by atoms with van der Waals surface area (Å²) in [5.74, 6) is 2.42. The van der Waals surface area contributed by atoms with Crippen LogP contribution in [0.15, 0.2) is 59.0 Å². The molecule has 3 aromatic rings. The second-order valence-electron chi connectivity index (χ2n) is 4.34. The van der Waals surface area contributed by atoms with Gasteiger partial charge in [0.15, 0.2) is 0 Å². The highest BCUT2D eigenvalue weighted by molar-refractivity contribution is 5.88. The Labute approximate surface area is 111 Å². The number of fused-ring (bicyclic) bond motifs is 1. The van der Waals surface area contributed by atoms with Gasteiger partial charge in [-0.1, -0.05) is 36.4 Å². The molecule has 0 aliphatic heterocycles. The molecule has 0 aliphatic rings. The molecule has 2 aromatic carbocycles. The molecular formula is C16H15NO2. The number of hydrogen-bond donors (Lipinski definition) is 1. The number of benzene rings is 2. The topological polar surface area (TPSA) is 48.4 Å². The van der Waals surface area contributed by atoms with Crippen molar-refractivity contribution in [2.45, 2.75) is 13.2 Å². The van der Waals surface area contributed by atoms with Crippen molar-refractivity contribution >= 4 is 10.8 Å². The Bertz CT molecular complexity index is 683. The molecule has 0 saturated heterocycles. The van der Waals surface area contributed by atoms with Gasteiger partial charge in [-0.15, -0.1) is 0 Å². The van der Waals surface area contributed by atoms with Crippen molar-refractivity contribution in [3.8, 4) is 5.75 Å². The highest BCUT2D eigenvalue weighted by Crippen LogP contribution is 2.26. The van der Waals surface area contributed by atoms with Crippen LogP contribution in [0.2, 0.25) is 0 Å². The average molecular weight is 253 g/mol. The van der Waals surface area contributed by atoms with Crippen molar-refractivity contribution in [3.05, 3.63) is 66.1 Å². The van der Waals surface area contributed by atoms with Crippen LogP contribution in [0.5, 0.6) is 5.75 Å². The first-order chi connectivity index (χ1) is 9.36. The van der Waals surface area contributed by atoms with E-state index in [2.05, 4.69) is 18.2 Å². The van der Waals surface area contributed by atoms with Crippen LogP contribution in [0.25, 0.3) is 10.8 Å². The van der Waals surface area contributed by atoms with Gasteiger partial charge < -0.3 is 14.9 Å². The summed E-state index contributed by atoms with van der Waals surface area (Å²) in [6.45, 7) is 0.822. The third-order valence-electron chi connectivity index (χ3n) is 3.04. The molecule has 3 rings (SSSR count). The SMILES string of the molecule is NCc1ccc(COc2cccc3ccccc23)o1. The van der Waals surface area contributed by atoms with Gasteiger partial charge in [0.25, 0.3) is 0 Å². The van der Waals surface area contributed by atoms with Crippen molar-refractivity contribution in [2.75, 3.05) is 0 Å². The monoisotopic (exact) mass is 253 g/mol. The fourth-order valence-corrected chi connectivity index (χ4v) is 2.08. The summed E-state index contributed by atoms with van der Waals surface area (Å²) in [4.78, 5) is 0. The summed E-state index contributed by atoms with van der Waals surface area (Å²) in [6, 6.07) is 18.0. The maximum absolute atomic E-state index is 5.83. The van der Waals surface area contributed by atoms with Crippen molar-refractivity contribution in [3.63, 3.8) is 0 Å². The number of rotatable bonds is 4. The molecule has 0 radical (unpaired) electrons. The van der Waals surface area contributed by atoms with Crippen LogP contribution in [-0.2, 0) is 13.2 Å². The Hall–Kier alpha value is -2.26. The zero-order chi connectivity index (χ0) is 13.1. The van der Waals surface area contributed by atoms with Crippen molar-refractivity contribution < 1.29 is 9.15 Å². The lowest BCUT2D eigenvalue weighted by Gasteiger charge is -2.07. The van der Waals surface area contributed by atoms with Gasteiger partial charge in [0.05, 0.1) is 6.54 Å². The van der Waals surface area contributed by atoms with E-state index in [-0.39, 0.29) is 0 Å². The van der Waals surface area contributed by atoms with E-state index in [1.807, 2.05) is 36.4 Å². The molecule has 0 spiro atoms. The van der Waals surface area contributed by atoms with Crippen LogP contribution in [-0.4, -0.2) is 0 Å². The van der Waals surface area contributed by atoms with Gasteiger partial charge in [-0.2, -0.15) is 0 Å². The van der Waals surface area contributed by atoms with Crippen LogP contribution in [0, 0.1) is 0 Å². The van der Waals surface area contributed by atoms with Gasteiger partial charge >= 0.3 is 0 Å². The standard InChI is InChI=1S/C16H15NO2/c17-10-13-8-9-14(19-13)11-18-16-7-3-5-12-4-1-2-6-15(12)16/h1-9H,10-11,17H2. The Morgan fingerprint density at radius 3 is 2.53 bits per heavy atom. The Kier molecular flexibility index (Phi) is 3.21. The number of hydrogen-bond acceptors (Lipinski definition) is 3. The molecule has 0 bridgehead atoms. The van der Waals surface area contributed by atoms with Gasteiger partial charge in [-0.25, -0.2) is 0 Å². The predicted molar refractivity (Wildman–Crippen MR) is 74.9 cm³/mol. The lowest BCUT2D eigenvalue weighted by Crippen LogP contribution is -1.95. The first-order valence-electron chi connectivity index (χ1n) is 6.25. The van der Waals surface area contributed by atoms with Gasteiger partial charge in [-0.05, 0) is 23.6 Å². The van der Waals surface area contributed by atoms with Crippen LogP contribution in [0.3, 0.4) is 0 Å². The Morgan fingerprint density at radius 2 is 1.68 bits per heavy atom. The van der Waals surface area contributed by atoms with Gasteiger partial charge in [0.1, 0.15) is 23.9 Å². The number of nitrogens with two attached hydrogens (primary N) is 1. The third kappa shape index (κ3) is 2.46. The summed E-state index contributed by atoms with van der Waals surface area (Å²) in [7, 11) is 0. The molecule has 3 heteroatoms. The van der Waals surface area contributed by atoms with E-state index in [0.29, 0.717) is 13.2 Å². The smallest absolute Gasteiger partial charge is 0.146 e. The fourth-order valence-electron chi connectivity index (χ4n) is 2.08. The van der Waals surface area contributed by atoms with Crippen molar-refractivity contribution in [2.24, 2.45) is 5.73 Å². The van der Waals surface area contributed by atoms with E-state index in [1.165, 1.54) is 5.39 Å². The van der Waals surface area contributed by atoms with E-state index in [1.54, 1.807) is 0 Å². The Balaban J connectivity index is 1.81. The van der Waals surface area contributed by atoms with Crippen LogP contribution >= 0.6 is 0 Å². The molecule has 0 fully saturated rings. The van der Waals surface area contributed by atoms with Crippen LogP contribution in [0.1, 0.15) is 11.5 Å². The minimum Gasteiger partial charge on any atom is -0.485 e. The normalized spacial score (nSPS) is 10.8. The zero-order valence-corrected chi connectivity index (χ0v) is 10.5. The summed E-state index contributed by atoms with van der Waals surface area (Å²) in [6.07, 6.45) is 0. The van der Waals surface area contributed by atoms with E-state index in [0.717, 1.165) is 22.7 Å². The maximum atomic E-state index is 5.83. The molecule has 0 aliphatic carbocycles. The molecule has 0 saturated carbocycles. The predicted octanol–water partition coefficient (Wildman–Crippen LogP) is 3.47. The quantitative estimate of drug-likeness (QED) is 0.774. The lowest BCUT2D eigenvalue weighted by molar-refractivity contribution is 0.269. The average Bonchev–Trinajstić information content (AvgIpc) is 2.93. The minimum absolute atomic E-state index is 0.411. The molecule has 0 unspecified atom stereocenters. The molecule has 19 heavy (non-hydrogen) atoms. The summed E-state index contributed by atoms with van der Waals surface area (Å²) in [5, 5.41) is 2.28. The molecule has 2 N–H and O–H groups in total. The van der Waals surface area contributed by atoms with Gasteiger partial charge in [0, 0.05) is 5.39 Å². The molecule has 0 atom stereocenters. The summed E-state index contributed by atoms with van der Waals surface area (Å²) >= 11 is 0. The minimum atomic E-state index is 0.411. The largest absolute Gasteiger partial charge is 0.485 e. The molecular weight excluding hydrogens is 238 g/mol. The first-order valence-corrected chi connectivity index (χ1v) is 6.25. The van der Waals surface area contributed by atoms with E-state index in [4.69, 9.17) is 14.9 Å². The second kappa shape index (κ2) is 5.16. The zero-order valence-electron chi connectivity index (χ0n) is 10.5. The highest BCUT2D eigenvalue weighted by Gasteiger charge is 2.04. The van der Waals surface area contributed by atoms with E-state index >= 15 is 0 Å². The Morgan fingerprint density at radius 1 is 0.895 bits per heavy atom. The van der Waals surface area contributed by atoms with Crippen molar-refractivity contribution in [1.82, 2.24) is 0 Å². The molecule has 96 valence electrons. The molecule has 1 heterocycles. The third-order valence-corrected chi connectivity index (χ3v) is 3.04. The van der Waals surface area contributed by atoms with Crippen LogP contribution in [0.4, 0.5) is 0 Å². The number of furan rings is 1. The molecule has 1 aromatic heterocycles. The first kappa shape index (κ1) is 11.8. The highest BCUT2D eigenvalue weighted by atomic mass is 16.5. The maximum Gasteiger partial charge on any atom is 0.146 e. The van der Waals surface area contributed by atoms with E-state index in [9.17, 15) is 0 Å². The van der Waals surface area contributed by atoms with Gasteiger partial charge in [0.2, 0.25) is 0 Å². The molecule has 3 nitrogen and oxygen atoms in total. The van der Waals surface area contributed by atoms with E-state index < -0.39 is 0 Å².